The lowest BCUT2D eigenvalue weighted by molar-refractivity contribution is -0.889. The zero-order valence-electron chi connectivity index (χ0n) is 35.6. The molecule has 8 heteroatoms. The summed E-state index contributed by atoms with van der Waals surface area (Å²) in [5.74, 6) is -1.84. The van der Waals surface area contributed by atoms with Crippen molar-refractivity contribution in [2.24, 2.45) is 0 Å². The predicted molar refractivity (Wildman–Crippen MR) is 226 cm³/mol. The van der Waals surface area contributed by atoms with Crippen LogP contribution in [0.15, 0.2) is 72.9 Å². The summed E-state index contributed by atoms with van der Waals surface area (Å²) in [5, 5.41) is 11.6. The highest BCUT2D eigenvalue weighted by Gasteiger charge is 2.25. The Morgan fingerprint density at radius 1 is 0.564 bits per heavy atom. The molecule has 55 heavy (non-hydrogen) atoms. The number of hydrogen-bond acceptors (Lipinski definition) is 7. The SMILES string of the molecule is CC/C=C/C/C=C/C/C=C/CCCCCCC(=O)OCC(COCCC(C(=O)[O-])[N+](C)(C)C)OC(=O)CCC/C=C/C/C=C/C/C=C/CCCCCCCC. The molecule has 0 saturated carbocycles. The van der Waals surface area contributed by atoms with Gasteiger partial charge in [0.1, 0.15) is 12.6 Å². The Hall–Kier alpha value is -3.23. The van der Waals surface area contributed by atoms with Crippen molar-refractivity contribution >= 4 is 17.9 Å². The first-order valence-electron chi connectivity index (χ1n) is 21.5. The van der Waals surface area contributed by atoms with Crippen LogP contribution in [0.2, 0.25) is 0 Å². The van der Waals surface area contributed by atoms with Gasteiger partial charge in [-0.3, -0.25) is 9.59 Å². The molecule has 2 unspecified atom stereocenters. The first-order valence-corrected chi connectivity index (χ1v) is 21.5. The van der Waals surface area contributed by atoms with Gasteiger partial charge in [0, 0.05) is 19.3 Å². The molecule has 0 aromatic rings. The number of quaternary nitrogens is 1. The molecule has 0 saturated heterocycles. The molecule has 314 valence electrons. The molecule has 0 fully saturated rings. The Kier molecular flexibility index (Phi) is 35.5. The van der Waals surface area contributed by atoms with E-state index in [1.165, 1.54) is 44.9 Å². The van der Waals surface area contributed by atoms with Crippen molar-refractivity contribution in [1.29, 1.82) is 0 Å². The third-order valence-electron chi connectivity index (χ3n) is 9.08. The lowest BCUT2D eigenvalue weighted by Gasteiger charge is -2.34. The monoisotopic (exact) mass is 770 g/mol. The lowest BCUT2D eigenvalue weighted by Crippen LogP contribution is -2.55. The zero-order chi connectivity index (χ0) is 40.7. The maximum absolute atomic E-state index is 12.7. The van der Waals surface area contributed by atoms with Gasteiger partial charge in [0.25, 0.3) is 0 Å². The van der Waals surface area contributed by atoms with Gasteiger partial charge in [-0.15, -0.1) is 0 Å². The fourth-order valence-corrected chi connectivity index (χ4v) is 5.75. The number of rotatable bonds is 37. The fourth-order valence-electron chi connectivity index (χ4n) is 5.75. The number of unbranched alkanes of at least 4 members (excludes halogenated alkanes) is 11. The molecule has 8 nitrogen and oxygen atoms in total. The molecule has 0 aliphatic heterocycles. The minimum absolute atomic E-state index is 0.00954. The van der Waals surface area contributed by atoms with Crippen molar-refractivity contribution in [1.82, 2.24) is 0 Å². The van der Waals surface area contributed by atoms with Crippen molar-refractivity contribution in [2.45, 2.75) is 167 Å². The summed E-state index contributed by atoms with van der Waals surface area (Å²) in [7, 11) is 5.37. The average Bonchev–Trinajstić information content (AvgIpc) is 3.14. The molecule has 0 spiro atoms. The van der Waals surface area contributed by atoms with Crippen LogP contribution in [-0.2, 0) is 28.6 Å². The minimum atomic E-state index is -1.14. The molecule has 0 amide bonds. The van der Waals surface area contributed by atoms with Crippen LogP contribution in [0, 0.1) is 0 Å². The number of carbonyl (C=O) groups is 3. The maximum Gasteiger partial charge on any atom is 0.306 e. The minimum Gasteiger partial charge on any atom is -0.544 e. The van der Waals surface area contributed by atoms with Gasteiger partial charge in [-0.1, -0.05) is 132 Å². The largest absolute Gasteiger partial charge is 0.544 e. The van der Waals surface area contributed by atoms with Crippen LogP contribution in [0.1, 0.15) is 155 Å². The second-order valence-corrected chi connectivity index (χ2v) is 15.2. The maximum atomic E-state index is 12.7. The standard InChI is InChI=1S/C47H79NO7/c1-6-8-10-12-14-16-18-20-22-23-24-26-28-30-32-34-36-38-46(50)55-43(41-53-40-39-44(47(51)52)48(3,4)5)42-54-45(49)37-35-33-31-29-27-25-21-19-17-15-13-11-9-7-2/h9,11,15,17,20-22,24-26,30,32,43-44H,6-8,10,12-14,16,18-19,23,27-29,31,33-42H2,1-5H3/b11-9+,17-15+,22-20+,25-21+,26-24+,32-30+. The molecule has 0 radical (unpaired) electrons. The summed E-state index contributed by atoms with van der Waals surface area (Å²) in [4.78, 5) is 36.8. The van der Waals surface area contributed by atoms with E-state index in [1.54, 1.807) is 21.1 Å². The van der Waals surface area contributed by atoms with E-state index in [4.69, 9.17) is 14.2 Å². The van der Waals surface area contributed by atoms with Crippen LogP contribution < -0.4 is 5.11 Å². The quantitative estimate of drug-likeness (QED) is 0.0268. The number of esters is 2. The van der Waals surface area contributed by atoms with E-state index >= 15 is 0 Å². The topological polar surface area (TPSA) is 102 Å². The van der Waals surface area contributed by atoms with Crippen LogP contribution in [0.5, 0.6) is 0 Å². The molecule has 0 rings (SSSR count). The highest BCUT2D eigenvalue weighted by atomic mass is 16.6. The lowest BCUT2D eigenvalue weighted by atomic mass is 10.1. The van der Waals surface area contributed by atoms with Gasteiger partial charge in [0.05, 0.1) is 40.3 Å². The third kappa shape index (κ3) is 36.2. The molecular formula is C47H79NO7. The molecule has 0 bridgehead atoms. The average molecular weight is 770 g/mol. The van der Waals surface area contributed by atoms with Crippen LogP contribution in [0.25, 0.3) is 0 Å². The van der Waals surface area contributed by atoms with Gasteiger partial charge in [0.15, 0.2) is 6.10 Å². The van der Waals surface area contributed by atoms with E-state index in [9.17, 15) is 19.5 Å². The Bertz CT molecular complexity index is 1130. The van der Waals surface area contributed by atoms with Gasteiger partial charge in [-0.05, 0) is 77.0 Å². The Labute approximate surface area is 336 Å². The first-order chi connectivity index (χ1) is 26.6. The molecule has 0 N–H and O–H groups in total. The Morgan fingerprint density at radius 2 is 1.04 bits per heavy atom. The number of hydrogen-bond donors (Lipinski definition) is 0. The number of aliphatic carboxylic acids is 1. The number of ether oxygens (including phenoxy) is 3. The summed E-state index contributed by atoms with van der Waals surface area (Å²) < 4.78 is 17.1. The van der Waals surface area contributed by atoms with E-state index in [1.807, 2.05) is 0 Å². The molecule has 0 aromatic heterocycles. The number of allylic oxidation sites excluding steroid dienone is 12. The number of nitrogens with zero attached hydrogens (tertiary/aromatic N) is 1. The van der Waals surface area contributed by atoms with Crippen LogP contribution >= 0.6 is 0 Å². The normalized spacial score (nSPS) is 13.7. The molecule has 2 atom stereocenters. The summed E-state index contributed by atoms with van der Waals surface area (Å²) in [6.07, 6.45) is 46.5. The molecule has 0 aromatic carbocycles. The van der Waals surface area contributed by atoms with Gasteiger partial charge < -0.3 is 28.6 Å². The van der Waals surface area contributed by atoms with Crippen LogP contribution in [0.3, 0.4) is 0 Å². The van der Waals surface area contributed by atoms with Gasteiger partial charge in [-0.2, -0.15) is 0 Å². The summed E-state index contributed by atoms with van der Waals surface area (Å²) in [6.45, 7) is 4.44. The first kappa shape index (κ1) is 51.8. The number of likely N-dealkylation sites (N-methyl/N-ethyl adjacent to an activating group) is 1. The van der Waals surface area contributed by atoms with Gasteiger partial charge >= 0.3 is 11.9 Å². The van der Waals surface area contributed by atoms with E-state index in [0.29, 0.717) is 12.8 Å². The molecule has 0 heterocycles. The predicted octanol–water partition coefficient (Wildman–Crippen LogP) is 10.2. The third-order valence-corrected chi connectivity index (χ3v) is 9.08. The smallest absolute Gasteiger partial charge is 0.306 e. The van der Waals surface area contributed by atoms with E-state index in [-0.39, 0.29) is 49.1 Å². The van der Waals surface area contributed by atoms with E-state index < -0.39 is 18.1 Å². The summed E-state index contributed by atoms with van der Waals surface area (Å²) >= 11 is 0. The van der Waals surface area contributed by atoms with Crippen molar-refractivity contribution in [3.8, 4) is 0 Å². The molecule has 0 aliphatic rings. The van der Waals surface area contributed by atoms with Gasteiger partial charge in [0.2, 0.25) is 0 Å². The van der Waals surface area contributed by atoms with Crippen molar-refractivity contribution in [2.75, 3.05) is 41.0 Å². The van der Waals surface area contributed by atoms with Gasteiger partial charge in [-0.25, -0.2) is 0 Å². The number of carbonyl (C=O) groups excluding carboxylic acids is 3. The van der Waals surface area contributed by atoms with Crippen molar-refractivity contribution in [3.05, 3.63) is 72.9 Å². The Morgan fingerprint density at radius 3 is 1.56 bits per heavy atom. The number of carboxylic acids is 1. The highest BCUT2D eigenvalue weighted by Crippen LogP contribution is 2.11. The fraction of sp³-hybridized carbons (Fsp3) is 0.681. The van der Waals surface area contributed by atoms with Crippen molar-refractivity contribution in [3.63, 3.8) is 0 Å². The van der Waals surface area contributed by atoms with Crippen LogP contribution in [0.4, 0.5) is 0 Å². The second-order valence-electron chi connectivity index (χ2n) is 15.2. The second kappa shape index (κ2) is 37.7. The van der Waals surface area contributed by atoms with E-state index in [2.05, 4.69) is 86.8 Å². The zero-order valence-corrected chi connectivity index (χ0v) is 35.6. The van der Waals surface area contributed by atoms with E-state index in [0.717, 1.165) is 70.6 Å². The summed E-state index contributed by atoms with van der Waals surface area (Å²) in [6, 6.07) is -0.741. The Balaban J connectivity index is 4.50. The molecule has 0 aliphatic carbocycles. The van der Waals surface area contributed by atoms with Crippen LogP contribution in [-0.4, -0.2) is 75.5 Å². The number of carboxylic acid groups (broad SMARTS) is 1. The molecular weight excluding hydrogens is 691 g/mol. The van der Waals surface area contributed by atoms with Crippen molar-refractivity contribution < 1.29 is 38.2 Å². The summed E-state index contributed by atoms with van der Waals surface area (Å²) in [5.41, 5.74) is 0. The highest BCUT2D eigenvalue weighted by molar-refractivity contribution is 5.70.